The van der Waals surface area contributed by atoms with E-state index in [1.807, 2.05) is 11.8 Å². The number of nitrogens with two attached hydrogens (primary N) is 1. The number of hydrogen-bond donors (Lipinski definition) is 1. The summed E-state index contributed by atoms with van der Waals surface area (Å²) in [5.41, 5.74) is 7.04. The molecule has 15 heavy (non-hydrogen) atoms. The van der Waals surface area contributed by atoms with E-state index in [-0.39, 0.29) is 0 Å². The average molecular weight is 286 g/mol. The lowest BCUT2D eigenvalue weighted by molar-refractivity contribution is 0.886. The van der Waals surface area contributed by atoms with Crippen LogP contribution >= 0.6 is 27.7 Å². The summed E-state index contributed by atoms with van der Waals surface area (Å²) in [6, 6.07) is 6.36. The Morgan fingerprint density at radius 2 is 2.07 bits per heavy atom. The van der Waals surface area contributed by atoms with Crippen molar-refractivity contribution in [2.75, 3.05) is 0 Å². The van der Waals surface area contributed by atoms with Crippen molar-refractivity contribution in [2.45, 2.75) is 42.4 Å². The third-order valence-corrected chi connectivity index (χ3v) is 5.06. The SMILES string of the molecule is NCc1c(Br)cccc1SC1CCCC1. The van der Waals surface area contributed by atoms with E-state index in [0.717, 1.165) is 9.72 Å². The average Bonchev–Trinajstić information content (AvgIpc) is 2.71. The van der Waals surface area contributed by atoms with E-state index < -0.39 is 0 Å². The van der Waals surface area contributed by atoms with Crippen LogP contribution < -0.4 is 5.73 Å². The number of benzene rings is 1. The first-order chi connectivity index (χ1) is 7.31. The third kappa shape index (κ3) is 2.77. The van der Waals surface area contributed by atoms with Crippen molar-refractivity contribution >= 4 is 27.7 Å². The Morgan fingerprint density at radius 3 is 2.73 bits per heavy atom. The van der Waals surface area contributed by atoms with Crippen LogP contribution in [0.5, 0.6) is 0 Å². The van der Waals surface area contributed by atoms with E-state index in [1.54, 1.807) is 0 Å². The monoisotopic (exact) mass is 285 g/mol. The molecule has 1 nitrogen and oxygen atoms in total. The van der Waals surface area contributed by atoms with Crippen molar-refractivity contribution in [1.82, 2.24) is 0 Å². The summed E-state index contributed by atoms with van der Waals surface area (Å²) in [5, 5.41) is 0.810. The van der Waals surface area contributed by atoms with Gasteiger partial charge in [0.05, 0.1) is 0 Å². The van der Waals surface area contributed by atoms with E-state index in [2.05, 4.69) is 34.1 Å². The molecule has 1 saturated carbocycles. The van der Waals surface area contributed by atoms with Gasteiger partial charge < -0.3 is 5.73 Å². The Morgan fingerprint density at radius 1 is 1.33 bits per heavy atom. The molecule has 1 aliphatic rings. The quantitative estimate of drug-likeness (QED) is 0.910. The summed E-state index contributed by atoms with van der Waals surface area (Å²) in [5.74, 6) is 0. The molecule has 0 saturated heterocycles. The van der Waals surface area contributed by atoms with E-state index >= 15 is 0 Å². The zero-order valence-electron chi connectivity index (χ0n) is 8.71. The molecule has 0 heterocycles. The molecule has 2 rings (SSSR count). The highest BCUT2D eigenvalue weighted by atomic mass is 79.9. The summed E-state index contributed by atoms with van der Waals surface area (Å²) < 4.78 is 1.15. The second kappa shape index (κ2) is 5.37. The fraction of sp³-hybridized carbons (Fsp3) is 0.500. The Balaban J connectivity index is 2.15. The second-order valence-electron chi connectivity index (χ2n) is 3.94. The first kappa shape index (κ1) is 11.5. The number of halogens is 1. The molecule has 0 spiro atoms. The summed E-state index contributed by atoms with van der Waals surface area (Å²) in [4.78, 5) is 1.36. The van der Waals surface area contributed by atoms with Gasteiger partial charge in [-0.15, -0.1) is 11.8 Å². The lowest BCUT2D eigenvalue weighted by atomic mass is 10.2. The molecule has 3 heteroatoms. The Kier molecular flexibility index (Phi) is 4.12. The molecular weight excluding hydrogens is 270 g/mol. The van der Waals surface area contributed by atoms with Crippen LogP contribution in [0.2, 0.25) is 0 Å². The molecule has 0 aliphatic heterocycles. The Labute approximate surface area is 104 Å². The first-order valence-corrected chi connectivity index (χ1v) is 7.12. The van der Waals surface area contributed by atoms with Gasteiger partial charge in [-0.1, -0.05) is 34.8 Å². The maximum absolute atomic E-state index is 5.78. The van der Waals surface area contributed by atoms with Crippen molar-refractivity contribution in [3.63, 3.8) is 0 Å². The standard InChI is InChI=1S/C12H16BrNS/c13-11-6-3-7-12(10(11)8-14)15-9-4-1-2-5-9/h3,6-7,9H,1-2,4-5,8,14H2. The molecule has 0 unspecified atom stereocenters. The summed E-state index contributed by atoms with van der Waals surface area (Å²) in [6.45, 7) is 0.622. The number of thioether (sulfide) groups is 1. The van der Waals surface area contributed by atoms with Gasteiger partial charge >= 0.3 is 0 Å². The lowest BCUT2D eigenvalue weighted by Crippen LogP contribution is -2.02. The minimum atomic E-state index is 0.622. The van der Waals surface area contributed by atoms with Crippen molar-refractivity contribution in [2.24, 2.45) is 5.73 Å². The fourth-order valence-electron chi connectivity index (χ4n) is 2.03. The molecule has 1 fully saturated rings. The van der Waals surface area contributed by atoms with Gasteiger partial charge in [-0.05, 0) is 30.5 Å². The van der Waals surface area contributed by atoms with Gasteiger partial charge in [0.15, 0.2) is 0 Å². The number of rotatable bonds is 3. The summed E-state index contributed by atoms with van der Waals surface area (Å²) in [6.07, 6.45) is 5.51. The van der Waals surface area contributed by atoms with Crippen LogP contribution in [0.25, 0.3) is 0 Å². The molecular formula is C12H16BrNS. The maximum atomic E-state index is 5.78. The van der Waals surface area contributed by atoms with Crippen LogP contribution in [-0.4, -0.2) is 5.25 Å². The molecule has 0 bridgehead atoms. The Hall–Kier alpha value is 0.01000. The van der Waals surface area contributed by atoms with Crippen molar-refractivity contribution in [1.29, 1.82) is 0 Å². The van der Waals surface area contributed by atoms with Crippen molar-refractivity contribution < 1.29 is 0 Å². The maximum Gasteiger partial charge on any atom is 0.0231 e. The van der Waals surface area contributed by atoms with Gasteiger partial charge in [0.2, 0.25) is 0 Å². The van der Waals surface area contributed by atoms with Crippen LogP contribution in [0, 0.1) is 0 Å². The van der Waals surface area contributed by atoms with E-state index in [1.165, 1.54) is 36.1 Å². The highest BCUT2D eigenvalue weighted by Gasteiger charge is 2.17. The zero-order chi connectivity index (χ0) is 10.7. The highest BCUT2D eigenvalue weighted by Crippen LogP contribution is 2.37. The van der Waals surface area contributed by atoms with Gasteiger partial charge in [-0.25, -0.2) is 0 Å². The fourth-order valence-corrected chi connectivity index (χ4v) is 4.11. The molecule has 82 valence electrons. The topological polar surface area (TPSA) is 26.0 Å². The third-order valence-electron chi connectivity index (χ3n) is 2.88. The van der Waals surface area contributed by atoms with Crippen LogP contribution in [0.3, 0.4) is 0 Å². The van der Waals surface area contributed by atoms with Gasteiger partial charge in [-0.2, -0.15) is 0 Å². The summed E-state index contributed by atoms with van der Waals surface area (Å²) in [7, 11) is 0. The highest BCUT2D eigenvalue weighted by molar-refractivity contribution is 9.10. The normalized spacial score (nSPS) is 17.2. The van der Waals surface area contributed by atoms with E-state index in [0.29, 0.717) is 6.54 Å². The molecule has 0 aromatic heterocycles. The van der Waals surface area contributed by atoms with Gasteiger partial charge in [0.25, 0.3) is 0 Å². The largest absolute Gasteiger partial charge is 0.326 e. The molecule has 1 aromatic rings. The molecule has 0 amide bonds. The Bertz CT molecular complexity index is 334. The molecule has 2 N–H and O–H groups in total. The first-order valence-electron chi connectivity index (χ1n) is 5.45. The van der Waals surface area contributed by atoms with Crippen LogP contribution in [0.1, 0.15) is 31.2 Å². The van der Waals surface area contributed by atoms with Crippen LogP contribution in [0.4, 0.5) is 0 Å². The van der Waals surface area contributed by atoms with Gasteiger partial charge in [0.1, 0.15) is 0 Å². The molecule has 0 atom stereocenters. The predicted molar refractivity (Wildman–Crippen MR) is 70.1 cm³/mol. The van der Waals surface area contributed by atoms with Crippen molar-refractivity contribution in [3.05, 3.63) is 28.2 Å². The van der Waals surface area contributed by atoms with E-state index in [4.69, 9.17) is 5.73 Å². The van der Waals surface area contributed by atoms with Gasteiger partial charge in [0, 0.05) is 21.2 Å². The molecule has 1 aliphatic carbocycles. The minimum absolute atomic E-state index is 0.622. The van der Waals surface area contributed by atoms with Crippen LogP contribution in [0.15, 0.2) is 27.6 Å². The minimum Gasteiger partial charge on any atom is -0.326 e. The predicted octanol–water partition coefficient (Wildman–Crippen LogP) is 3.94. The number of hydrogen-bond acceptors (Lipinski definition) is 2. The smallest absolute Gasteiger partial charge is 0.0231 e. The van der Waals surface area contributed by atoms with Crippen molar-refractivity contribution in [3.8, 4) is 0 Å². The summed E-state index contributed by atoms with van der Waals surface area (Å²) >= 11 is 5.57. The van der Waals surface area contributed by atoms with Crippen LogP contribution in [-0.2, 0) is 6.54 Å². The van der Waals surface area contributed by atoms with Gasteiger partial charge in [-0.3, -0.25) is 0 Å². The zero-order valence-corrected chi connectivity index (χ0v) is 11.1. The molecule has 0 radical (unpaired) electrons. The second-order valence-corrected chi connectivity index (χ2v) is 6.14. The van der Waals surface area contributed by atoms with E-state index in [9.17, 15) is 0 Å². The lowest BCUT2D eigenvalue weighted by Gasteiger charge is -2.13. The molecule has 1 aromatic carbocycles.